The van der Waals surface area contributed by atoms with Crippen molar-refractivity contribution in [2.75, 3.05) is 11.5 Å². The predicted molar refractivity (Wildman–Crippen MR) is 134 cm³/mol. The number of carbonyl (C=O) groups is 2. The van der Waals surface area contributed by atoms with E-state index >= 15 is 0 Å². The number of halogens is 3. The molecule has 1 fully saturated rings. The van der Waals surface area contributed by atoms with Gasteiger partial charge in [0.2, 0.25) is 0 Å². The third kappa shape index (κ3) is 5.30. The Kier molecular flexibility index (Phi) is 7.32. The van der Waals surface area contributed by atoms with Gasteiger partial charge in [0.1, 0.15) is 12.3 Å². The molecule has 3 aromatic carbocycles. The van der Waals surface area contributed by atoms with Crippen molar-refractivity contribution in [2.45, 2.75) is 13.5 Å². The molecule has 6 nitrogen and oxygen atoms in total. The molecular formula is C25H19Cl3N2O4. The van der Waals surface area contributed by atoms with Crippen LogP contribution in [0.3, 0.4) is 0 Å². The van der Waals surface area contributed by atoms with Crippen LogP contribution in [0.4, 0.5) is 10.5 Å². The van der Waals surface area contributed by atoms with Gasteiger partial charge in [0.25, 0.3) is 5.91 Å². The molecule has 1 heterocycles. The number of benzene rings is 3. The Balaban J connectivity index is 1.55. The van der Waals surface area contributed by atoms with Gasteiger partial charge in [-0.25, -0.2) is 9.69 Å². The van der Waals surface area contributed by atoms with Crippen LogP contribution in [0.15, 0.2) is 66.4 Å². The first kappa shape index (κ1) is 24.0. The van der Waals surface area contributed by atoms with Gasteiger partial charge < -0.3 is 14.8 Å². The minimum Gasteiger partial charge on any atom is -0.490 e. The highest BCUT2D eigenvalue weighted by Crippen LogP contribution is 2.32. The lowest BCUT2D eigenvalue weighted by atomic mass is 10.1. The maximum atomic E-state index is 12.9. The Morgan fingerprint density at radius 2 is 1.74 bits per heavy atom. The first-order chi connectivity index (χ1) is 16.4. The number of hydrogen-bond donors (Lipinski definition) is 1. The second-order valence-electron chi connectivity index (χ2n) is 7.28. The van der Waals surface area contributed by atoms with Crippen molar-refractivity contribution in [1.29, 1.82) is 0 Å². The summed E-state index contributed by atoms with van der Waals surface area (Å²) in [5.74, 6) is 0.544. The number of rotatable bonds is 7. The Bertz CT molecular complexity index is 1290. The van der Waals surface area contributed by atoms with E-state index in [9.17, 15) is 9.59 Å². The molecule has 0 radical (unpaired) electrons. The largest absolute Gasteiger partial charge is 0.490 e. The summed E-state index contributed by atoms with van der Waals surface area (Å²) in [6.45, 7) is 2.54. The van der Waals surface area contributed by atoms with Gasteiger partial charge in [-0.1, -0.05) is 53.0 Å². The zero-order valence-electron chi connectivity index (χ0n) is 18.0. The lowest BCUT2D eigenvalue weighted by Crippen LogP contribution is -2.30. The quantitative estimate of drug-likeness (QED) is 0.279. The van der Waals surface area contributed by atoms with Crippen molar-refractivity contribution in [1.82, 2.24) is 5.32 Å². The highest BCUT2D eigenvalue weighted by Gasteiger charge is 2.35. The van der Waals surface area contributed by atoms with Crippen LogP contribution in [0.2, 0.25) is 15.1 Å². The Labute approximate surface area is 211 Å². The lowest BCUT2D eigenvalue weighted by molar-refractivity contribution is -0.113. The fourth-order valence-corrected chi connectivity index (χ4v) is 3.85. The van der Waals surface area contributed by atoms with Crippen LogP contribution in [-0.4, -0.2) is 18.5 Å². The van der Waals surface area contributed by atoms with E-state index in [-0.39, 0.29) is 12.3 Å². The van der Waals surface area contributed by atoms with E-state index in [1.165, 1.54) is 0 Å². The molecule has 3 aromatic rings. The van der Waals surface area contributed by atoms with Gasteiger partial charge in [0.15, 0.2) is 11.5 Å². The molecule has 1 aliphatic rings. The van der Waals surface area contributed by atoms with Crippen LogP contribution in [0.5, 0.6) is 11.5 Å². The molecule has 0 saturated carbocycles. The van der Waals surface area contributed by atoms with Crippen LogP contribution < -0.4 is 19.7 Å². The zero-order chi connectivity index (χ0) is 24.2. The number of ether oxygens (including phenoxy) is 2. The molecule has 1 aliphatic heterocycles. The van der Waals surface area contributed by atoms with Crippen LogP contribution in [0, 0.1) is 0 Å². The van der Waals surface area contributed by atoms with E-state index in [2.05, 4.69) is 5.32 Å². The Hall–Kier alpha value is -3.19. The van der Waals surface area contributed by atoms with Gasteiger partial charge in [0, 0.05) is 5.02 Å². The monoisotopic (exact) mass is 516 g/mol. The maximum Gasteiger partial charge on any atom is 0.333 e. The fraction of sp³-hybridized carbons (Fsp3) is 0.120. The van der Waals surface area contributed by atoms with Gasteiger partial charge in [-0.15, -0.1) is 0 Å². The van der Waals surface area contributed by atoms with Crippen molar-refractivity contribution in [2.24, 2.45) is 0 Å². The smallest absolute Gasteiger partial charge is 0.333 e. The minimum atomic E-state index is -0.551. The molecule has 0 unspecified atom stereocenters. The summed E-state index contributed by atoms with van der Waals surface area (Å²) in [4.78, 5) is 26.3. The van der Waals surface area contributed by atoms with Crippen molar-refractivity contribution >= 4 is 58.5 Å². The molecule has 174 valence electrons. The average Bonchev–Trinajstić information content (AvgIpc) is 3.08. The summed E-state index contributed by atoms with van der Waals surface area (Å²) >= 11 is 18.0. The summed E-state index contributed by atoms with van der Waals surface area (Å²) < 4.78 is 11.6. The van der Waals surface area contributed by atoms with Crippen molar-refractivity contribution < 1.29 is 19.1 Å². The van der Waals surface area contributed by atoms with Gasteiger partial charge in [0.05, 0.1) is 22.3 Å². The van der Waals surface area contributed by atoms with E-state index < -0.39 is 11.9 Å². The Morgan fingerprint density at radius 1 is 0.912 bits per heavy atom. The SMILES string of the molecule is CCOc1cc(/C=C2/NC(=O)N(c3cccc(Cl)c3)C2=O)ccc1OCc1ccc(Cl)c(Cl)c1. The summed E-state index contributed by atoms with van der Waals surface area (Å²) in [5.41, 5.74) is 2.03. The maximum absolute atomic E-state index is 12.9. The molecule has 1 N–H and O–H groups in total. The first-order valence-electron chi connectivity index (χ1n) is 10.3. The number of nitrogens with zero attached hydrogens (tertiary/aromatic N) is 1. The lowest BCUT2D eigenvalue weighted by Gasteiger charge is -2.13. The van der Waals surface area contributed by atoms with Crippen molar-refractivity contribution in [3.05, 3.63) is 92.6 Å². The number of carbonyl (C=O) groups excluding carboxylic acids is 2. The van der Waals surface area contributed by atoms with Crippen LogP contribution >= 0.6 is 34.8 Å². The molecule has 0 aliphatic carbocycles. The Morgan fingerprint density at radius 3 is 2.47 bits per heavy atom. The van der Waals surface area contributed by atoms with Gasteiger partial charge in [-0.05, 0) is 66.6 Å². The fourth-order valence-electron chi connectivity index (χ4n) is 3.34. The summed E-state index contributed by atoms with van der Waals surface area (Å²) in [6, 6.07) is 16.5. The number of nitrogens with one attached hydrogen (secondary N) is 1. The number of imide groups is 1. The van der Waals surface area contributed by atoms with Crippen LogP contribution in [0.25, 0.3) is 6.08 Å². The first-order valence-corrected chi connectivity index (χ1v) is 11.5. The standard InChI is InChI=1S/C25H19Cl3N2O4/c1-2-33-23-12-15(7-9-22(23)34-14-16-6-8-19(27)20(28)10-16)11-21-24(31)30(25(32)29-21)18-5-3-4-17(26)13-18/h3-13H,2,14H2,1H3,(H,29,32)/b21-11+. The molecule has 0 bridgehead atoms. The molecule has 34 heavy (non-hydrogen) atoms. The summed E-state index contributed by atoms with van der Waals surface area (Å²) in [6.07, 6.45) is 1.58. The second kappa shape index (κ2) is 10.4. The zero-order valence-corrected chi connectivity index (χ0v) is 20.2. The van der Waals surface area contributed by atoms with E-state index in [4.69, 9.17) is 44.3 Å². The van der Waals surface area contributed by atoms with Gasteiger partial charge in [-0.3, -0.25) is 4.79 Å². The molecule has 0 atom stereocenters. The molecule has 0 spiro atoms. The molecular weight excluding hydrogens is 499 g/mol. The van der Waals surface area contributed by atoms with E-state index in [1.807, 2.05) is 13.0 Å². The summed E-state index contributed by atoms with van der Waals surface area (Å²) in [7, 11) is 0. The highest BCUT2D eigenvalue weighted by molar-refractivity contribution is 6.42. The van der Waals surface area contributed by atoms with Gasteiger partial charge in [-0.2, -0.15) is 0 Å². The number of amides is 3. The van der Waals surface area contributed by atoms with E-state index in [0.29, 0.717) is 44.4 Å². The van der Waals surface area contributed by atoms with Crippen LogP contribution in [0.1, 0.15) is 18.1 Å². The third-order valence-corrected chi connectivity index (χ3v) is 5.88. The number of urea groups is 1. The minimum absolute atomic E-state index is 0.136. The molecule has 1 saturated heterocycles. The predicted octanol–water partition coefficient (Wildman–Crippen LogP) is 6.72. The van der Waals surface area contributed by atoms with Crippen LogP contribution in [-0.2, 0) is 11.4 Å². The molecule has 9 heteroatoms. The average molecular weight is 518 g/mol. The van der Waals surface area contributed by atoms with E-state index in [0.717, 1.165) is 10.5 Å². The second-order valence-corrected chi connectivity index (χ2v) is 8.54. The van der Waals surface area contributed by atoms with Crippen molar-refractivity contribution in [3.8, 4) is 11.5 Å². The number of hydrogen-bond acceptors (Lipinski definition) is 4. The topological polar surface area (TPSA) is 67.9 Å². The molecule has 3 amide bonds. The summed E-state index contributed by atoms with van der Waals surface area (Å²) in [5, 5.41) is 3.95. The molecule has 4 rings (SSSR count). The number of anilines is 1. The van der Waals surface area contributed by atoms with Gasteiger partial charge >= 0.3 is 6.03 Å². The highest BCUT2D eigenvalue weighted by atomic mass is 35.5. The normalized spacial score (nSPS) is 14.5. The molecule has 0 aromatic heterocycles. The third-order valence-electron chi connectivity index (χ3n) is 4.90. The van der Waals surface area contributed by atoms with Crippen molar-refractivity contribution in [3.63, 3.8) is 0 Å². The van der Waals surface area contributed by atoms with E-state index in [1.54, 1.807) is 60.7 Å².